The van der Waals surface area contributed by atoms with E-state index in [0.29, 0.717) is 40.8 Å². The van der Waals surface area contributed by atoms with E-state index >= 15 is 0 Å². The van der Waals surface area contributed by atoms with Crippen LogP contribution in [-0.2, 0) is 11.3 Å². The predicted octanol–water partition coefficient (Wildman–Crippen LogP) is 4.45. The molecule has 3 aromatic rings. The molecule has 1 heterocycles. The molecule has 4 rings (SSSR count). The Labute approximate surface area is 204 Å². The number of hydrogen-bond donors (Lipinski definition) is 1. The summed E-state index contributed by atoms with van der Waals surface area (Å²) in [6, 6.07) is 17.5. The molecule has 0 aliphatic carbocycles. The summed E-state index contributed by atoms with van der Waals surface area (Å²) in [4.78, 5) is 28.2. The zero-order valence-corrected chi connectivity index (χ0v) is 20.2. The summed E-state index contributed by atoms with van der Waals surface area (Å²) in [7, 11) is 6.20. The smallest absolute Gasteiger partial charge is 0.255 e. The van der Waals surface area contributed by atoms with Crippen molar-refractivity contribution in [1.82, 2.24) is 4.90 Å². The van der Waals surface area contributed by atoms with Crippen molar-refractivity contribution in [2.24, 2.45) is 0 Å². The first-order chi connectivity index (χ1) is 17.0. The van der Waals surface area contributed by atoms with E-state index in [1.807, 2.05) is 36.4 Å². The number of anilines is 1. The van der Waals surface area contributed by atoms with Crippen molar-refractivity contribution < 1.29 is 28.5 Å². The van der Waals surface area contributed by atoms with Crippen molar-refractivity contribution in [2.75, 3.05) is 33.8 Å². The molecule has 182 valence electrons. The summed E-state index contributed by atoms with van der Waals surface area (Å²) in [6.07, 6.45) is 0.0364. The molecular weight excluding hydrogens is 448 g/mol. The third-order valence-corrected chi connectivity index (χ3v) is 6.03. The molecule has 1 N–H and O–H groups in total. The minimum atomic E-state index is -0.526. The van der Waals surface area contributed by atoms with Crippen LogP contribution in [0.4, 0.5) is 5.69 Å². The second-order valence-corrected chi connectivity index (χ2v) is 8.07. The van der Waals surface area contributed by atoms with Gasteiger partial charge < -0.3 is 29.2 Å². The molecule has 0 aromatic heterocycles. The summed E-state index contributed by atoms with van der Waals surface area (Å²) >= 11 is 0. The molecule has 8 heteroatoms. The number of carbonyl (C=O) groups is 2. The van der Waals surface area contributed by atoms with Crippen molar-refractivity contribution in [3.8, 4) is 23.0 Å². The molecule has 8 nitrogen and oxygen atoms in total. The quantitative estimate of drug-likeness (QED) is 0.491. The van der Waals surface area contributed by atoms with Crippen LogP contribution in [0.15, 0.2) is 60.7 Å². The van der Waals surface area contributed by atoms with Crippen molar-refractivity contribution in [3.63, 3.8) is 0 Å². The van der Waals surface area contributed by atoms with Gasteiger partial charge in [0.05, 0.1) is 40.9 Å². The van der Waals surface area contributed by atoms with Crippen LogP contribution in [0.2, 0.25) is 0 Å². The molecule has 0 unspecified atom stereocenters. The zero-order valence-electron chi connectivity index (χ0n) is 20.2. The second kappa shape index (κ2) is 10.4. The number of benzene rings is 3. The van der Waals surface area contributed by atoms with E-state index in [0.717, 1.165) is 11.1 Å². The number of nitrogens with zero attached hydrogens (tertiary/aromatic N) is 1. The molecule has 0 fully saturated rings. The predicted molar refractivity (Wildman–Crippen MR) is 131 cm³/mol. The lowest BCUT2D eigenvalue weighted by Gasteiger charge is -2.28. The molecule has 3 aromatic carbocycles. The van der Waals surface area contributed by atoms with Crippen molar-refractivity contribution in [3.05, 3.63) is 77.4 Å². The number of amides is 2. The Hall–Kier alpha value is -4.20. The van der Waals surface area contributed by atoms with Gasteiger partial charge in [0.15, 0.2) is 11.5 Å². The third-order valence-electron chi connectivity index (χ3n) is 6.03. The Morgan fingerprint density at radius 3 is 2.20 bits per heavy atom. The van der Waals surface area contributed by atoms with Gasteiger partial charge in [0.25, 0.3) is 5.91 Å². The fraction of sp³-hybridized carbons (Fsp3) is 0.259. The monoisotopic (exact) mass is 476 g/mol. The largest absolute Gasteiger partial charge is 0.497 e. The normalized spacial score (nSPS) is 13.1. The van der Waals surface area contributed by atoms with Crippen LogP contribution < -0.4 is 24.3 Å². The molecule has 1 atom stereocenters. The fourth-order valence-electron chi connectivity index (χ4n) is 4.26. The van der Waals surface area contributed by atoms with Gasteiger partial charge >= 0.3 is 0 Å². The lowest BCUT2D eigenvalue weighted by molar-refractivity contribution is -0.117. The molecule has 0 bridgehead atoms. The van der Waals surface area contributed by atoms with E-state index in [1.54, 1.807) is 57.6 Å². The van der Waals surface area contributed by atoms with E-state index in [4.69, 9.17) is 18.9 Å². The SMILES string of the molecule is COc1cc(NC(=O)C[C@H](c2ccc(OC)c(OC)c2)N2Cc3ccccc3C2=O)cc(OC)c1. The number of carbonyl (C=O) groups excluding carboxylic acids is 2. The zero-order chi connectivity index (χ0) is 24.9. The Bertz CT molecular complexity index is 1220. The third kappa shape index (κ3) is 5.01. The highest BCUT2D eigenvalue weighted by atomic mass is 16.5. The Morgan fingerprint density at radius 2 is 1.57 bits per heavy atom. The van der Waals surface area contributed by atoms with Crippen LogP contribution in [-0.4, -0.2) is 45.2 Å². The van der Waals surface area contributed by atoms with E-state index in [1.165, 1.54) is 0 Å². The van der Waals surface area contributed by atoms with E-state index < -0.39 is 6.04 Å². The maximum absolute atomic E-state index is 13.3. The highest BCUT2D eigenvalue weighted by molar-refractivity contribution is 5.99. The van der Waals surface area contributed by atoms with Crippen LogP contribution in [0.1, 0.15) is 33.9 Å². The highest BCUT2D eigenvalue weighted by Gasteiger charge is 2.35. The van der Waals surface area contributed by atoms with Crippen molar-refractivity contribution in [2.45, 2.75) is 19.0 Å². The number of methoxy groups -OCH3 is 4. The second-order valence-electron chi connectivity index (χ2n) is 8.07. The van der Waals surface area contributed by atoms with Crippen LogP contribution in [0, 0.1) is 0 Å². The number of hydrogen-bond acceptors (Lipinski definition) is 6. The fourth-order valence-corrected chi connectivity index (χ4v) is 4.26. The lowest BCUT2D eigenvalue weighted by atomic mass is 10.0. The van der Waals surface area contributed by atoms with Gasteiger partial charge in [0.1, 0.15) is 11.5 Å². The van der Waals surface area contributed by atoms with Crippen LogP contribution in [0.25, 0.3) is 0 Å². The Balaban J connectivity index is 1.65. The molecular formula is C27H28N2O6. The van der Waals surface area contributed by atoms with E-state index in [9.17, 15) is 9.59 Å². The summed E-state index contributed by atoms with van der Waals surface area (Å²) in [5.41, 5.74) is 2.88. The minimum Gasteiger partial charge on any atom is -0.497 e. The number of fused-ring (bicyclic) bond motifs is 1. The summed E-state index contributed by atoms with van der Waals surface area (Å²) < 4.78 is 21.4. The van der Waals surface area contributed by atoms with E-state index in [-0.39, 0.29) is 18.2 Å². The molecule has 0 spiro atoms. The molecule has 2 amide bonds. The molecule has 1 aliphatic heterocycles. The van der Waals surface area contributed by atoms with Crippen LogP contribution in [0.5, 0.6) is 23.0 Å². The molecule has 1 aliphatic rings. The first-order valence-electron chi connectivity index (χ1n) is 11.1. The standard InChI is InChI=1S/C27H28N2O6/c1-32-20-12-19(13-21(14-20)33-2)28-26(30)15-23(17-9-10-24(34-3)25(11-17)35-4)29-16-18-7-5-6-8-22(18)27(29)31/h5-14,23H,15-16H2,1-4H3,(H,28,30)/t23-/m1/s1. The molecule has 0 saturated carbocycles. The summed E-state index contributed by atoms with van der Waals surface area (Å²) in [6.45, 7) is 0.411. The van der Waals surface area contributed by atoms with Crippen LogP contribution in [0.3, 0.4) is 0 Å². The highest BCUT2D eigenvalue weighted by Crippen LogP contribution is 2.37. The van der Waals surface area contributed by atoms with Gasteiger partial charge in [-0.15, -0.1) is 0 Å². The summed E-state index contributed by atoms with van der Waals surface area (Å²) in [5, 5.41) is 2.91. The van der Waals surface area contributed by atoms with E-state index in [2.05, 4.69) is 5.32 Å². The molecule has 35 heavy (non-hydrogen) atoms. The summed E-state index contributed by atoms with van der Waals surface area (Å²) in [5.74, 6) is 1.83. The Kier molecular flexibility index (Phi) is 7.10. The van der Waals surface area contributed by atoms with Crippen LogP contribution >= 0.6 is 0 Å². The van der Waals surface area contributed by atoms with Gasteiger partial charge in [-0.05, 0) is 29.3 Å². The topological polar surface area (TPSA) is 86.3 Å². The van der Waals surface area contributed by atoms with Gasteiger partial charge in [-0.2, -0.15) is 0 Å². The average Bonchev–Trinajstić information content (AvgIpc) is 3.22. The van der Waals surface area contributed by atoms with Gasteiger partial charge in [-0.3, -0.25) is 9.59 Å². The number of rotatable bonds is 9. The minimum absolute atomic E-state index is 0.0364. The van der Waals surface area contributed by atoms with Crippen molar-refractivity contribution in [1.29, 1.82) is 0 Å². The molecule has 0 saturated heterocycles. The van der Waals surface area contributed by atoms with Gasteiger partial charge in [-0.25, -0.2) is 0 Å². The van der Waals surface area contributed by atoms with Gasteiger partial charge in [0.2, 0.25) is 5.91 Å². The first kappa shape index (κ1) is 23.9. The average molecular weight is 477 g/mol. The first-order valence-corrected chi connectivity index (χ1v) is 11.1. The molecule has 0 radical (unpaired) electrons. The maximum atomic E-state index is 13.3. The van der Waals surface area contributed by atoms with Gasteiger partial charge in [-0.1, -0.05) is 24.3 Å². The number of nitrogens with one attached hydrogen (secondary N) is 1. The number of ether oxygens (including phenoxy) is 4. The van der Waals surface area contributed by atoms with Crippen molar-refractivity contribution >= 4 is 17.5 Å². The van der Waals surface area contributed by atoms with Gasteiger partial charge in [0, 0.05) is 36.0 Å². The lowest BCUT2D eigenvalue weighted by Crippen LogP contribution is -2.32. The Morgan fingerprint density at radius 1 is 0.886 bits per heavy atom. The maximum Gasteiger partial charge on any atom is 0.255 e.